The molecule has 0 aromatic carbocycles. The summed E-state index contributed by atoms with van der Waals surface area (Å²) >= 11 is 0. The van der Waals surface area contributed by atoms with Gasteiger partial charge in [0.05, 0.1) is 6.61 Å². The maximum atomic E-state index is 10.3. The second-order valence-electron chi connectivity index (χ2n) is 6.55. The van der Waals surface area contributed by atoms with Gasteiger partial charge in [-0.2, -0.15) is 8.42 Å². The Kier molecular flexibility index (Phi) is 22.3. The molecule has 0 aliphatic carbocycles. The van der Waals surface area contributed by atoms with Crippen molar-refractivity contribution >= 4 is 33.5 Å². The monoisotopic (exact) mass is 376 g/mol. The van der Waals surface area contributed by atoms with Crippen LogP contribution in [0.5, 0.6) is 0 Å². The molecule has 0 heterocycles. The standard InChI is InChI=1S/C18H38O4S.Mg.2H/c1-2-3-4-5-6-7-8-9-10-11-12-13-14-15-16-17-18-22-23(19,20)21;;;/h2-18H2,1H3,(H,19,20,21);;;/q;+2;2*-1. The summed E-state index contributed by atoms with van der Waals surface area (Å²) in [4.78, 5) is 0. The van der Waals surface area contributed by atoms with Crippen LogP contribution in [0.15, 0.2) is 0 Å². The van der Waals surface area contributed by atoms with Crippen molar-refractivity contribution in [3.63, 3.8) is 0 Å². The van der Waals surface area contributed by atoms with Crippen molar-refractivity contribution < 1.29 is 20.0 Å². The molecular formula is C18H40MgO4S. The van der Waals surface area contributed by atoms with Crippen LogP contribution in [0.25, 0.3) is 0 Å². The normalized spacial score (nSPS) is 11.4. The van der Waals surface area contributed by atoms with Crippen LogP contribution >= 0.6 is 0 Å². The van der Waals surface area contributed by atoms with Gasteiger partial charge in [-0.1, -0.05) is 103 Å². The molecule has 0 amide bonds. The van der Waals surface area contributed by atoms with E-state index in [0.717, 1.165) is 12.8 Å². The predicted octanol–water partition coefficient (Wildman–Crippen LogP) is 5.91. The minimum Gasteiger partial charge on any atom is -1.00 e. The van der Waals surface area contributed by atoms with Gasteiger partial charge in [-0.05, 0) is 6.42 Å². The molecule has 0 aliphatic heterocycles. The van der Waals surface area contributed by atoms with Crippen molar-refractivity contribution in [2.24, 2.45) is 0 Å². The average Bonchev–Trinajstić information content (AvgIpc) is 2.49. The van der Waals surface area contributed by atoms with Crippen molar-refractivity contribution in [3.05, 3.63) is 0 Å². The zero-order chi connectivity index (χ0) is 17.2. The molecule has 0 saturated carbocycles. The summed E-state index contributed by atoms with van der Waals surface area (Å²) in [5.41, 5.74) is 0. The largest absolute Gasteiger partial charge is 2.00 e. The Balaban J connectivity index is -0.000000807. The molecule has 0 spiro atoms. The van der Waals surface area contributed by atoms with E-state index in [-0.39, 0.29) is 32.5 Å². The molecule has 144 valence electrons. The quantitative estimate of drug-likeness (QED) is 0.183. The Morgan fingerprint density at radius 3 is 1.25 bits per heavy atom. The van der Waals surface area contributed by atoms with Crippen LogP contribution < -0.4 is 0 Å². The molecule has 0 unspecified atom stereocenters. The summed E-state index contributed by atoms with van der Waals surface area (Å²) in [5, 5.41) is 0. The van der Waals surface area contributed by atoms with Crippen molar-refractivity contribution in [1.29, 1.82) is 0 Å². The van der Waals surface area contributed by atoms with Gasteiger partial charge in [-0.15, -0.1) is 0 Å². The molecular weight excluding hydrogens is 337 g/mol. The summed E-state index contributed by atoms with van der Waals surface area (Å²) in [6, 6.07) is 0. The van der Waals surface area contributed by atoms with E-state index in [1.165, 1.54) is 83.5 Å². The number of hydrogen-bond acceptors (Lipinski definition) is 3. The van der Waals surface area contributed by atoms with Gasteiger partial charge in [0, 0.05) is 0 Å². The molecule has 6 heteroatoms. The zero-order valence-corrected chi connectivity index (χ0v) is 18.0. The van der Waals surface area contributed by atoms with Gasteiger partial charge in [0.1, 0.15) is 0 Å². The molecule has 0 atom stereocenters. The Morgan fingerprint density at radius 1 is 0.667 bits per heavy atom. The van der Waals surface area contributed by atoms with Crippen LogP contribution in [0.1, 0.15) is 113 Å². The Bertz CT molecular complexity index is 344. The summed E-state index contributed by atoms with van der Waals surface area (Å²) in [5.74, 6) is 0. The fourth-order valence-corrected chi connectivity index (χ4v) is 3.14. The third kappa shape index (κ3) is 24.9. The van der Waals surface area contributed by atoms with E-state index >= 15 is 0 Å². The third-order valence-electron chi connectivity index (χ3n) is 4.23. The summed E-state index contributed by atoms with van der Waals surface area (Å²) in [6.07, 6.45) is 20.5. The van der Waals surface area contributed by atoms with Crippen LogP contribution in [-0.2, 0) is 14.6 Å². The first-order valence-corrected chi connectivity index (χ1v) is 11.0. The van der Waals surface area contributed by atoms with E-state index in [2.05, 4.69) is 11.1 Å². The van der Waals surface area contributed by atoms with E-state index in [1.807, 2.05) is 0 Å². The molecule has 1 N–H and O–H groups in total. The topological polar surface area (TPSA) is 63.6 Å². The van der Waals surface area contributed by atoms with Crippen molar-refractivity contribution in [2.75, 3.05) is 6.61 Å². The van der Waals surface area contributed by atoms with Crippen LogP contribution in [-0.4, -0.2) is 42.6 Å². The maximum absolute atomic E-state index is 10.3. The van der Waals surface area contributed by atoms with Gasteiger partial charge in [0.15, 0.2) is 0 Å². The van der Waals surface area contributed by atoms with Gasteiger partial charge >= 0.3 is 33.5 Å². The fraction of sp³-hybridized carbons (Fsp3) is 1.00. The molecule has 4 nitrogen and oxygen atoms in total. The maximum Gasteiger partial charge on any atom is 2.00 e. The van der Waals surface area contributed by atoms with Crippen LogP contribution in [0.4, 0.5) is 0 Å². The first-order valence-electron chi connectivity index (χ1n) is 9.68. The number of unbranched alkanes of at least 4 members (excludes halogenated alkanes) is 15. The van der Waals surface area contributed by atoms with Crippen LogP contribution in [0.3, 0.4) is 0 Å². The second kappa shape index (κ2) is 20.0. The average molecular weight is 377 g/mol. The van der Waals surface area contributed by atoms with E-state index in [0.29, 0.717) is 6.42 Å². The first-order chi connectivity index (χ1) is 11.1. The van der Waals surface area contributed by atoms with Gasteiger partial charge in [0.25, 0.3) is 0 Å². The Hall–Kier alpha value is 0.636. The first kappa shape index (κ1) is 26.9. The van der Waals surface area contributed by atoms with E-state index in [9.17, 15) is 8.42 Å². The molecule has 24 heavy (non-hydrogen) atoms. The Labute approximate surface area is 169 Å². The number of rotatable bonds is 18. The van der Waals surface area contributed by atoms with Crippen LogP contribution in [0.2, 0.25) is 0 Å². The third-order valence-corrected chi connectivity index (χ3v) is 4.69. The SMILES string of the molecule is CCCCCCCCCCCCCCCCCCOS(=O)(=O)O.[H-].[H-].[Mg+2]. The molecule has 0 aromatic heterocycles. The molecule has 0 bridgehead atoms. The van der Waals surface area contributed by atoms with E-state index in [1.54, 1.807) is 0 Å². The second-order valence-corrected chi connectivity index (χ2v) is 7.64. The van der Waals surface area contributed by atoms with E-state index in [4.69, 9.17) is 4.55 Å². The van der Waals surface area contributed by atoms with Crippen LogP contribution in [0, 0.1) is 0 Å². The molecule has 0 aliphatic rings. The summed E-state index contributed by atoms with van der Waals surface area (Å²) in [7, 11) is -4.24. The van der Waals surface area contributed by atoms with Gasteiger partial charge < -0.3 is 2.85 Å². The van der Waals surface area contributed by atoms with Crippen molar-refractivity contribution in [3.8, 4) is 0 Å². The van der Waals surface area contributed by atoms with Crippen molar-refractivity contribution in [1.82, 2.24) is 0 Å². The minimum absolute atomic E-state index is 0. The Morgan fingerprint density at radius 2 is 0.958 bits per heavy atom. The molecule has 0 fully saturated rings. The molecule has 0 rings (SSSR count). The smallest absolute Gasteiger partial charge is 1.00 e. The summed E-state index contributed by atoms with van der Waals surface area (Å²) < 4.78 is 33.3. The van der Waals surface area contributed by atoms with Crippen molar-refractivity contribution in [2.45, 2.75) is 110 Å². The van der Waals surface area contributed by atoms with Gasteiger partial charge in [0.2, 0.25) is 0 Å². The van der Waals surface area contributed by atoms with Gasteiger partial charge in [-0.3, -0.25) is 4.55 Å². The molecule has 0 radical (unpaired) electrons. The predicted molar refractivity (Wildman–Crippen MR) is 105 cm³/mol. The number of hydrogen-bond donors (Lipinski definition) is 1. The fourth-order valence-electron chi connectivity index (χ4n) is 2.81. The zero-order valence-electron chi connectivity index (χ0n) is 17.8. The minimum atomic E-state index is -4.24. The molecule has 0 saturated heterocycles. The van der Waals surface area contributed by atoms with Gasteiger partial charge in [-0.25, -0.2) is 4.18 Å². The summed E-state index contributed by atoms with van der Waals surface area (Å²) in [6.45, 7) is 2.36. The van der Waals surface area contributed by atoms with E-state index < -0.39 is 10.4 Å². The molecule has 0 aromatic rings.